The van der Waals surface area contributed by atoms with Crippen LogP contribution < -0.4 is 14.4 Å². The number of sulfone groups is 1. The minimum atomic E-state index is -3.54. The van der Waals surface area contributed by atoms with E-state index in [1.807, 2.05) is 38.1 Å². The van der Waals surface area contributed by atoms with Crippen LogP contribution in [0, 0.1) is 6.92 Å². The molecule has 0 radical (unpaired) electrons. The van der Waals surface area contributed by atoms with Crippen molar-refractivity contribution in [2.75, 3.05) is 71.6 Å². The summed E-state index contributed by atoms with van der Waals surface area (Å²) in [6, 6.07) is 19.9. The Morgan fingerprint density at radius 3 is 2.19 bits per heavy atom. The van der Waals surface area contributed by atoms with Gasteiger partial charge in [-0.15, -0.1) is 0 Å². The second-order valence-electron chi connectivity index (χ2n) is 12.5. The molecule has 1 fully saturated rings. The van der Waals surface area contributed by atoms with Crippen molar-refractivity contribution in [3.8, 4) is 17.2 Å². The topological polar surface area (TPSA) is 120 Å². The fraction of sp³-hybridized carbons (Fsp3) is 0.389. The Morgan fingerprint density at radius 2 is 1.58 bits per heavy atom. The number of amides is 1. The molecule has 1 heterocycles. The van der Waals surface area contributed by atoms with Crippen molar-refractivity contribution < 1.29 is 32.6 Å². The lowest BCUT2D eigenvalue weighted by Crippen LogP contribution is -2.49. The largest absolute Gasteiger partial charge is 0.504 e. The third-order valence-corrected chi connectivity index (χ3v) is 9.47. The van der Waals surface area contributed by atoms with Crippen LogP contribution in [0.15, 0.2) is 72.1 Å². The number of carbonyl (C=O) groups is 2. The first-order valence-corrected chi connectivity index (χ1v) is 17.7. The third kappa shape index (κ3) is 10.8. The molecule has 0 aromatic heterocycles. The molecule has 0 saturated carbocycles. The number of rotatable bonds is 13. The predicted octanol–water partition coefficient (Wildman–Crippen LogP) is 4.96. The average Bonchev–Trinajstić information content (AvgIpc) is 3.04. The Morgan fingerprint density at radius 1 is 0.917 bits per heavy atom. The Hall–Kier alpha value is -4.39. The summed E-state index contributed by atoms with van der Waals surface area (Å²) in [5, 5.41) is 11.7. The molecule has 0 bridgehead atoms. The SMILES string of the molecule is Cc1ccc(N2CCN(C(=O)Oc3ccc(/C=C/S(=O)(=O)CCCC(c4ccc(OC(=O)CN(C)C)cc4)N(C)C)cc3O)CC2)cc1. The number of carbonyl (C=O) groups excluding carboxylic acids is 2. The van der Waals surface area contributed by atoms with Crippen molar-refractivity contribution in [2.24, 2.45) is 0 Å². The van der Waals surface area contributed by atoms with E-state index in [9.17, 15) is 23.1 Å². The molecule has 1 amide bonds. The van der Waals surface area contributed by atoms with Crippen LogP contribution in [0.2, 0.25) is 0 Å². The molecule has 1 unspecified atom stereocenters. The zero-order valence-corrected chi connectivity index (χ0v) is 29.2. The van der Waals surface area contributed by atoms with Gasteiger partial charge in [-0.2, -0.15) is 0 Å². The molecular weight excluding hydrogens is 632 g/mol. The summed E-state index contributed by atoms with van der Waals surface area (Å²) < 4.78 is 36.5. The number of hydrogen-bond donors (Lipinski definition) is 1. The smallest absolute Gasteiger partial charge is 0.415 e. The van der Waals surface area contributed by atoms with Crippen molar-refractivity contribution in [2.45, 2.75) is 25.8 Å². The summed E-state index contributed by atoms with van der Waals surface area (Å²) in [6.07, 6.45) is 1.90. The zero-order chi connectivity index (χ0) is 34.8. The molecule has 3 aromatic carbocycles. The van der Waals surface area contributed by atoms with Gasteiger partial charge in [-0.3, -0.25) is 9.69 Å². The number of nitrogens with zero attached hydrogens (tertiary/aromatic N) is 4. The molecule has 12 heteroatoms. The van der Waals surface area contributed by atoms with E-state index in [-0.39, 0.29) is 35.8 Å². The van der Waals surface area contributed by atoms with Gasteiger partial charge in [0.2, 0.25) is 0 Å². The number of benzene rings is 3. The number of piperazine rings is 1. The monoisotopic (exact) mass is 678 g/mol. The molecule has 1 atom stereocenters. The molecule has 4 rings (SSSR count). The van der Waals surface area contributed by atoms with Gasteiger partial charge >= 0.3 is 12.1 Å². The van der Waals surface area contributed by atoms with Crippen LogP contribution in [0.3, 0.4) is 0 Å². The molecular formula is C36H46N4O7S. The maximum absolute atomic E-state index is 12.8. The number of esters is 1. The van der Waals surface area contributed by atoms with E-state index < -0.39 is 15.9 Å². The van der Waals surface area contributed by atoms with Crippen LogP contribution >= 0.6 is 0 Å². The minimum absolute atomic E-state index is 0.00968. The Kier molecular flexibility index (Phi) is 12.6. The Bertz CT molecular complexity index is 1670. The van der Waals surface area contributed by atoms with Gasteiger partial charge in [-0.1, -0.05) is 35.9 Å². The molecule has 0 aliphatic carbocycles. The van der Waals surface area contributed by atoms with E-state index in [4.69, 9.17) is 9.47 Å². The van der Waals surface area contributed by atoms with Crippen LogP contribution in [0.1, 0.15) is 35.6 Å². The lowest BCUT2D eigenvalue weighted by Gasteiger charge is -2.35. The first kappa shape index (κ1) is 36.4. The van der Waals surface area contributed by atoms with Gasteiger partial charge in [-0.05, 0) is 102 Å². The van der Waals surface area contributed by atoms with Gasteiger partial charge < -0.3 is 29.3 Å². The quantitative estimate of drug-likeness (QED) is 0.196. The number of ether oxygens (including phenoxy) is 2. The minimum Gasteiger partial charge on any atom is -0.504 e. The summed E-state index contributed by atoms with van der Waals surface area (Å²) in [7, 11) is 3.92. The normalized spacial score (nSPS) is 14.5. The second kappa shape index (κ2) is 16.6. The fourth-order valence-electron chi connectivity index (χ4n) is 5.42. The summed E-state index contributed by atoms with van der Waals surface area (Å²) in [5.41, 5.74) is 3.75. The molecule has 1 N–H and O–H groups in total. The van der Waals surface area contributed by atoms with E-state index in [1.54, 1.807) is 42.1 Å². The highest BCUT2D eigenvalue weighted by Crippen LogP contribution is 2.29. The third-order valence-electron chi connectivity index (χ3n) is 8.06. The van der Waals surface area contributed by atoms with Gasteiger partial charge in [0.05, 0.1) is 12.3 Å². The first-order valence-electron chi connectivity index (χ1n) is 15.9. The van der Waals surface area contributed by atoms with E-state index in [2.05, 4.69) is 29.2 Å². The number of phenolic OH excluding ortho intramolecular Hbond substituents is 1. The van der Waals surface area contributed by atoms with E-state index in [0.29, 0.717) is 50.3 Å². The number of aryl methyl sites for hydroxylation is 1. The highest BCUT2D eigenvalue weighted by Gasteiger charge is 2.24. The van der Waals surface area contributed by atoms with Gasteiger partial charge in [0.25, 0.3) is 0 Å². The number of aromatic hydroxyl groups is 1. The van der Waals surface area contributed by atoms with Crippen LogP contribution in [0.4, 0.5) is 10.5 Å². The van der Waals surface area contributed by atoms with Crippen LogP contribution in [-0.2, 0) is 14.6 Å². The molecule has 1 aliphatic rings. The molecule has 11 nitrogen and oxygen atoms in total. The van der Waals surface area contributed by atoms with Crippen molar-refractivity contribution in [1.82, 2.24) is 14.7 Å². The van der Waals surface area contributed by atoms with Gasteiger partial charge in [-0.25, -0.2) is 13.2 Å². The summed E-state index contributed by atoms with van der Waals surface area (Å²) in [6.45, 7) is 4.54. The van der Waals surface area contributed by atoms with Crippen LogP contribution in [0.5, 0.6) is 17.2 Å². The molecule has 0 spiro atoms. The van der Waals surface area contributed by atoms with E-state index in [0.717, 1.165) is 16.7 Å². The van der Waals surface area contributed by atoms with Crippen molar-refractivity contribution in [1.29, 1.82) is 0 Å². The number of hydrogen-bond acceptors (Lipinski definition) is 10. The number of anilines is 1. The summed E-state index contributed by atoms with van der Waals surface area (Å²) >= 11 is 0. The van der Waals surface area contributed by atoms with Crippen LogP contribution in [-0.4, -0.2) is 107 Å². The first-order chi connectivity index (χ1) is 22.8. The Balaban J connectivity index is 1.26. The Labute approximate surface area is 283 Å². The molecule has 258 valence electrons. The highest BCUT2D eigenvalue weighted by molar-refractivity contribution is 7.94. The molecule has 1 saturated heterocycles. The number of phenols is 1. The molecule has 3 aromatic rings. The lowest BCUT2D eigenvalue weighted by atomic mass is 10.0. The van der Waals surface area contributed by atoms with Gasteiger partial charge in [0.15, 0.2) is 21.3 Å². The fourth-order valence-corrected chi connectivity index (χ4v) is 6.49. The van der Waals surface area contributed by atoms with Crippen molar-refractivity contribution in [3.05, 3.63) is 88.8 Å². The lowest BCUT2D eigenvalue weighted by molar-refractivity contribution is -0.135. The average molecular weight is 679 g/mol. The second-order valence-corrected chi connectivity index (χ2v) is 14.5. The summed E-state index contributed by atoms with van der Waals surface area (Å²) in [5.74, 6) is -0.180. The van der Waals surface area contributed by atoms with Gasteiger partial charge in [0, 0.05) is 43.3 Å². The highest BCUT2D eigenvalue weighted by atomic mass is 32.2. The molecule has 1 aliphatic heterocycles. The standard InChI is InChI=1S/C36H46N4O7S/c1-27-8-13-30(14-9-27)39-19-21-40(22-20-39)36(43)47-34-17-10-28(25-33(34)41)18-24-48(44,45)23-6-7-32(38(4)5)29-11-15-31(16-12-29)46-35(42)26-37(2)3/h8-18,24-25,32,41H,6-7,19-23,26H2,1-5H3/b24-18+. The van der Waals surface area contributed by atoms with E-state index >= 15 is 0 Å². The summed E-state index contributed by atoms with van der Waals surface area (Å²) in [4.78, 5) is 32.3. The zero-order valence-electron chi connectivity index (χ0n) is 28.3. The van der Waals surface area contributed by atoms with Gasteiger partial charge in [0.1, 0.15) is 5.75 Å². The maximum Gasteiger partial charge on any atom is 0.415 e. The van der Waals surface area contributed by atoms with Crippen molar-refractivity contribution >= 4 is 33.7 Å². The van der Waals surface area contributed by atoms with Crippen molar-refractivity contribution in [3.63, 3.8) is 0 Å². The number of likely N-dealkylation sites (N-methyl/N-ethyl adjacent to an activating group) is 1. The van der Waals surface area contributed by atoms with Crippen LogP contribution in [0.25, 0.3) is 6.08 Å². The predicted molar refractivity (Wildman–Crippen MR) is 188 cm³/mol. The molecule has 48 heavy (non-hydrogen) atoms. The van der Waals surface area contributed by atoms with E-state index in [1.165, 1.54) is 23.8 Å². The maximum atomic E-state index is 12.8.